The molecule has 86 valence electrons. The summed E-state index contributed by atoms with van der Waals surface area (Å²) in [6, 6.07) is 9.40. The van der Waals surface area contributed by atoms with Gasteiger partial charge in [0.05, 0.1) is 5.69 Å². The Morgan fingerprint density at radius 2 is 1.82 bits per heavy atom. The molecular formula is C13H12ClN3. The van der Waals surface area contributed by atoms with Crippen LogP contribution in [0.4, 0.5) is 5.82 Å². The number of hydrogen-bond donors (Lipinski definition) is 1. The van der Waals surface area contributed by atoms with E-state index in [1.165, 1.54) is 12.8 Å². The van der Waals surface area contributed by atoms with Gasteiger partial charge in [-0.1, -0.05) is 23.7 Å². The van der Waals surface area contributed by atoms with E-state index < -0.39 is 0 Å². The molecule has 2 aromatic rings. The lowest BCUT2D eigenvalue weighted by atomic mass is 10.1. The fourth-order valence-electron chi connectivity index (χ4n) is 1.78. The van der Waals surface area contributed by atoms with Gasteiger partial charge in [0.2, 0.25) is 0 Å². The molecule has 17 heavy (non-hydrogen) atoms. The van der Waals surface area contributed by atoms with Crippen molar-refractivity contribution in [3.8, 4) is 11.3 Å². The summed E-state index contributed by atoms with van der Waals surface area (Å²) in [6.45, 7) is 0. The Morgan fingerprint density at radius 1 is 1.12 bits per heavy atom. The van der Waals surface area contributed by atoms with E-state index in [9.17, 15) is 0 Å². The Morgan fingerprint density at radius 3 is 2.47 bits per heavy atom. The molecule has 1 fully saturated rings. The summed E-state index contributed by atoms with van der Waals surface area (Å²) in [5.41, 5.74) is 7.71. The van der Waals surface area contributed by atoms with Gasteiger partial charge in [-0.3, -0.25) is 0 Å². The number of benzene rings is 1. The highest BCUT2D eigenvalue weighted by molar-refractivity contribution is 6.30. The minimum Gasteiger partial charge on any atom is -0.384 e. The third kappa shape index (κ3) is 2.24. The first-order valence-electron chi connectivity index (χ1n) is 5.63. The molecule has 0 radical (unpaired) electrons. The fraction of sp³-hybridized carbons (Fsp3) is 0.231. The normalized spacial score (nSPS) is 14.9. The zero-order chi connectivity index (χ0) is 11.8. The molecule has 1 aromatic heterocycles. The van der Waals surface area contributed by atoms with E-state index >= 15 is 0 Å². The molecule has 0 amide bonds. The Bertz CT molecular complexity index is 547. The number of hydrogen-bond acceptors (Lipinski definition) is 3. The van der Waals surface area contributed by atoms with Crippen LogP contribution in [0, 0.1) is 0 Å². The van der Waals surface area contributed by atoms with E-state index in [1.54, 1.807) is 6.07 Å². The topological polar surface area (TPSA) is 51.8 Å². The minimum atomic E-state index is 0.504. The zero-order valence-corrected chi connectivity index (χ0v) is 9.98. The highest BCUT2D eigenvalue weighted by Crippen LogP contribution is 2.39. The Balaban J connectivity index is 2.04. The second-order valence-electron chi connectivity index (χ2n) is 4.32. The maximum atomic E-state index is 5.86. The van der Waals surface area contributed by atoms with Gasteiger partial charge >= 0.3 is 0 Å². The number of nitrogens with zero attached hydrogens (tertiary/aromatic N) is 2. The molecule has 1 aromatic carbocycles. The first-order valence-corrected chi connectivity index (χ1v) is 6.00. The van der Waals surface area contributed by atoms with Crippen molar-refractivity contribution in [2.45, 2.75) is 18.8 Å². The van der Waals surface area contributed by atoms with Gasteiger partial charge in [-0.05, 0) is 25.0 Å². The van der Waals surface area contributed by atoms with Crippen LogP contribution in [0.25, 0.3) is 11.3 Å². The molecule has 0 atom stereocenters. The number of nitrogen functional groups attached to an aromatic ring is 1. The molecule has 1 aliphatic carbocycles. The lowest BCUT2D eigenvalue weighted by Gasteiger charge is -2.05. The Kier molecular flexibility index (Phi) is 2.48. The van der Waals surface area contributed by atoms with Gasteiger partial charge in [-0.25, -0.2) is 9.97 Å². The summed E-state index contributed by atoms with van der Waals surface area (Å²) in [6.07, 6.45) is 2.34. The van der Waals surface area contributed by atoms with Gasteiger partial charge < -0.3 is 5.73 Å². The predicted octanol–water partition coefficient (Wildman–Crippen LogP) is 3.26. The molecule has 0 aliphatic heterocycles. The van der Waals surface area contributed by atoms with Crippen molar-refractivity contribution in [3.05, 3.63) is 41.2 Å². The SMILES string of the molecule is Nc1cc(-c2ccc(Cl)cc2)nc(C2CC2)n1. The largest absolute Gasteiger partial charge is 0.384 e. The molecular weight excluding hydrogens is 234 g/mol. The average Bonchev–Trinajstić information content (AvgIpc) is 3.13. The van der Waals surface area contributed by atoms with Crippen molar-refractivity contribution >= 4 is 17.4 Å². The standard InChI is InChI=1S/C13H12ClN3/c14-10-5-3-8(4-6-10)11-7-12(15)17-13(16-11)9-1-2-9/h3-7,9H,1-2H2,(H2,15,16,17). The van der Waals surface area contributed by atoms with Gasteiger partial charge in [0.1, 0.15) is 11.6 Å². The van der Waals surface area contributed by atoms with Crippen LogP contribution in [-0.4, -0.2) is 9.97 Å². The van der Waals surface area contributed by atoms with Crippen molar-refractivity contribution < 1.29 is 0 Å². The van der Waals surface area contributed by atoms with E-state index in [2.05, 4.69) is 9.97 Å². The van der Waals surface area contributed by atoms with Crippen molar-refractivity contribution in [2.24, 2.45) is 0 Å². The smallest absolute Gasteiger partial charge is 0.134 e. The molecule has 2 N–H and O–H groups in total. The van der Waals surface area contributed by atoms with Gasteiger partial charge in [-0.2, -0.15) is 0 Å². The lowest BCUT2D eigenvalue weighted by molar-refractivity contribution is 0.936. The molecule has 0 spiro atoms. The third-order valence-corrected chi connectivity index (χ3v) is 3.10. The zero-order valence-electron chi connectivity index (χ0n) is 9.23. The molecule has 0 saturated heterocycles. The van der Waals surface area contributed by atoms with Gasteiger partial charge in [0, 0.05) is 22.6 Å². The Hall–Kier alpha value is -1.61. The second kappa shape index (κ2) is 4.00. The third-order valence-electron chi connectivity index (χ3n) is 2.85. The minimum absolute atomic E-state index is 0.504. The highest BCUT2D eigenvalue weighted by Gasteiger charge is 2.27. The van der Waals surface area contributed by atoms with Crippen LogP contribution in [-0.2, 0) is 0 Å². The molecule has 0 bridgehead atoms. The fourth-order valence-corrected chi connectivity index (χ4v) is 1.90. The summed E-state index contributed by atoms with van der Waals surface area (Å²) in [7, 11) is 0. The maximum absolute atomic E-state index is 5.86. The molecule has 1 saturated carbocycles. The van der Waals surface area contributed by atoms with Crippen molar-refractivity contribution in [2.75, 3.05) is 5.73 Å². The number of nitrogens with two attached hydrogens (primary N) is 1. The van der Waals surface area contributed by atoms with Crippen LogP contribution in [0.2, 0.25) is 5.02 Å². The molecule has 0 unspecified atom stereocenters. The van der Waals surface area contributed by atoms with Gasteiger partial charge in [-0.15, -0.1) is 0 Å². The van der Waals surface area contributed by atoms with Crippen molar-refractivity contribution in [1.82, 2.24) is 9.97 Å². The Labute approximate surface area is 105 Å². The van der Waals surface area contributed by atoms with Crippen molar-refractivity contribution in [1.29, 1.82) is 0 Å². The van der Waals surface area contributed by atoms with Gasteiger partial charge in [0.15, 0.2) is 0 Å². The molecule has 3 rings (SSSR count). The first kappa shape index (κ1) is 10.5. The maximum Gasteiger partial charge on any atom is 0.134 e. The van der Waals surface area contributed by atoms with E-state index in [4.69, 9.17) is 17.3 Å². The van der Waals surface area contributed by atoms with E-state index in [1.807, 2.05) is 24.3 Å². The first-order chi connectivity index (χ1) is 8.22. The van der Waals surface area contributed by atoms with E-state index in [-0.39, 0.29) is 0 Å². The van der Waals surface area contributed by atoms with Crippen LogP contribution in [0.1, 0.15) is 24.6 Å². The summed E-state index contributed by atoms with van der Waals surface area (Å²) < 4.78 is 0. The summed E-state index contributed by atoms with van der Waals surface area (Å²) in [5, 5.41) is 0.721. The quantitative estimate of drug-likeness (QED) is 0.884. The monoisotopic (exact) mass is 245 g/mol. The van der Waals surface area contributed by atoms with Gasteiger partial charge in [0.25, 0.3) is 0 Å². The number of halogens is 1. The van der Waals surface area contributed by atoms with Crippen LogP contribution < -0.4 is 5.73 Å². The lowest BCUT2D eigenvalue weighted by Crippen LogP contribution is -1.99. The summed E-state index contributed by atoms with van der Waals surface area (Å²) in [5.74, 6) is 1.91. The second-order valence-corrected chi connectivity index (χ2v) is 4.75. The predicted molar refractivity (Wildman–Crippen MR) is 68.9 cm³/mol. The van der Waals surface area contributed by atoms with E-state index in [0.29, 0.717) is 11.7 Å². The molecule has 1 aliphatic rings. The van der Waals surface area contributed by atoms with Crippen LogP contribution in [0.15, 0.2) is 30.3 Å². The summed E-state index contributed by atoms with van der Waals surface area (Å²) in [4.78, 5) is 8.84. The van der Waals surface area contributed by atoms with Crippen LogP contribution in [0.5, 0.6) is 0 Å². The molecule has 3 nitrogen and oxygen atoms in total. The number of rotatable bonds is 2. The molecule has 1 heterocycles. The van der Waals surface area contributed by atoms with Crippen molar-refractivity contribution in [3.63, 3.8) is 0 Å². The number of anilines is 1. The van der Waals surface area contributed by atoms with E-state index in [0.717, 1.165) is 22.1 Å². The molecule has 4 heteroatoms. The van der Waals surface area contributed by atoms with Crippen LogP contribution >= 0.6 is 11.6 Å². The highest BCUT2D eigenvalue weighted by atomic mass is 35.5. The van der Waals surface area contributed by atoms with Crippen LogP contribution in [0.3, 0.4) is 0 Å². The average molecular weight is 246 g/mol. The summed E-state index contributed by atoms with van der Waals surface area (Å²) >= 11 is 5.86. The number of aromatic nitrogens is 2.